The van der Waals surface area contributed by atoms with Gasteiger partial charge in [-0.05, 0) is 22.9 Å². The number of ether oxygens (including phenoxy) is 1. The summed E-state index contributed by atoms with van der Waals surface area (Å²) < 4.78 is 18.6. The highest BCUT2D eigenvalue weighted by atomic mass is 79.9. The van der Waals surface area contributed by atoms with Gasteiger partial charge < -0.3 is 4.74 Å². The molecule has 1 aromatic heterocycles. The Bertz CT molecular complexity index is 517. The summed E-state index contributed by atoms with van der Waals surface area (Å²) in [5.41, 5.74) is 0.812. The topological polar surface area (TPSA) is 52.8 Å². The number of nitrogens with zero attached hydrogens (tertiary/aromatic N) is 4. The van der Waals surface area contributed by atoms with Crippen molar-refractivity contribution in [2.24, 2.45) is 7.05 Å². The predicted molar refractivity (Wildman–Crippen MR) is 62.2 cm³/mol. The lowest BCUT2D eigenvalue weighted by atomic mass is 10.2. The zero-order valence-corrected chi connectivity index (χ0v) is 10.7. The number of hydrogen-bond acceptors (Lipinski definition) is 4. The van der Waals surface area contributed by atoms with Crippen molar-refractivity contribution in [2.75, 3.05) is 0 Å². The minimum Gasteiger partial charge on any atom is -0.485 e. The van der Waals surface area contributed by atoms with Gasteiger partial charge in [-0.2, -0.15) is 4.80 Å². The van der Waals surface area contributed by atoms with Gasteiger partial charge in [0, 0.05) is 11.4 Å². The maximum atomic E-state index is 13.2. The molecule has 0 aliphatic rings. The van der Waals surface area contributed by atoms with Gasteiger partial charge in [0.25, 0.3) is 0 Å². The molecule has 0 amide bonds. The third-order valence-electron chi connectivity index (χ3n) is 2.00. The second-order valence-electron chi connectivity index (χ2n) is 3.41. The van der Waals surface area contributed by atoms with E-state index in [2.05, 4.69) is 31.3 Å². The molecule has 90 valence electrons. The van der Waals surface area contributed by atoms with E-state index in [0.717, 1.165) is 5.56 Å². The van der Waals surface area contributed by atoms with Gasteiger partial charge in [-0.15, -0.1) is 10.2 Å². The van der Waals surface area contributed by atoms with Gasteiger partial charge in [0.2, 0.25) is 5.82 Å². The van der Waals surface area contributed by atoms with Crippen molar-refractivity contribution in [3.05, 3.63) is 35.4 Å². The summed E-state index contributed by atoms with van der Waals surface area (Å²) in [7, 11) is 1.67. The van der Waals surface area contributed by atoms with Crippen molar-refractivity contribution in [1.82, 2.24) is 20.2 Å². The van der Waals surface area contributed by atoms with Crippen LogP contribution in [0.5, 0.6) is 5.75 Å². The molecule has 2 rings (SSSR count). The van der Waals surface area contributed by atoms with Gasteiger partial charge in [0.05, 0.1) is 7.05 Å². The average molecular weight is 301 g/mol. The summed E-state index contributed by atoms with van der Waals surface area (Å²) in [6.45, 7) is 0.166. The fourth-order valence-corrected chi connectivity index (χ4v) is 1.63. The van der Waals surface area contributed by atoms with Crippen LogP contribution in [0.1, 0.15) is 11.4 Å². The largest absolute Gasteiger partial charge is 0.485 e. The molecule has 0 aliphatic carbocycles. The van der Waals surface area contributed by atoms with Crippen LogP contribution in [0.3, 0.4) is 0 Å². The van der Waals surface area contributed by atoms with Gasteiger partial charge in [-0.1, -0.05) is 15.9 Å². The summed E-state index contributed by atoms with van der Waals surface area (Å²) in [6, 6.07) is 4.53. The molecule has 0 aliphatic heterocycles. The van der Waals surface area contributed by atoms with E-state index < -0.39 is 0 Å². The molecule has 1 heterocycles. The molecule has 0 saturated heterocycles. The van der Waals surface area contributed by atoms with Gasteiger partial charge in [0.15, 0.2) is 6.61 Å². The summed E-state index contributed by atoms with van der Waals surface area (Å²) in [5.74, 6) is 0.577. The summed E-state index contributed by atoms with van der Waals surface area (Å²) in [4.78, 5) is 1.34. The Morgan fingerprint density at radius 3 is 2.88 bits per heavy atom. The second kappa shape index (κ2) is 5.22. The maximum Gasteiger partial charge on any atom is 0.212 e. The minimum atomic E-state index is -0.330. The molecule has 0 unspecified atom stereocenters. The molecule has 0 fully saturated rings. The molecule has 0 atom stereocenters. The van der Waals surface area contributed by atoms with Crippen LogP contribution in [0, 0.1) is 5.82 Å². The number of aromatic nitrogens is 4. The first-order chi connectivity index (χ1) is 8.17. The molecular formula is C10H10BrFN4O. The highest BCUT2D eigenvalue weighted by molar-refractivity contribution is 9.08. The predicted octanol–water partition coefficient (Wildman–Crippen LogP) is 1.82. The van der Waals surface area contributed by atoms with Gasteiger partial charge in [0.1, 0.15) is 11.6 Å². The average Bonchev–Trinajstić information content (AvgIpc) is 2.72. The highest BCUT2D eigenvalue weighted by Gasteiger charge is 2.04. The Kier molecular flexibility index (Phi) is 3.68. The van der Waals surface area contributed by atoms with E-state index in [-0.39, 0.29) is 12.4 Å². The van der Waals surface area contributed by atoms with Crippen molar-refractivity contribution in [1.29, 1.82) is 0 Å². The minimum absolute atomic E-state index is 0.166. The van der Waals surface area contributed by atoms with Gasteiger partial charge in [-0.25, -0.2) is 4.39 Å². The van der Waals surface area contributed by atoms with Crippen molar-refractivity contribution in [2.45, 2.75) is 11.9 Å². The summed E-state index contributed by atoms with van der Waals surface area (Å²) in [5, 5.41) is 12.0. The number of tetrazole rings is 1. The third kappa shape index (κ3) is 3.23. The molecule has 5 nitrogen and oxygen atoms in total. The highest BCUT2D eigenvalue weighted by Crippen LogP contribution is 2.18. The fraction of sp³-hybridized carbons (Fsp3) is 0.300. The Balaban J connectivity index is 2.05. The number of rotatable bonds is 4. The van der Waals surface area contributed by atoms with Gasteiger partial charge >= 0.3 is 0 Å². The van der Waals surface area contributed by atoms with E-state index >= 15 is 0 Å². The second-order valence-corrected chi connectivity index (χ2v) is 3.97. The molecule has 2 aromatic rings. The van der Waals surface area contributed by atoms with Crippen LogP contribution < -0.4 is 4.74 Å². The first kappa shape index (κ1) is 12.0. The van der Waals surface area contributed by atoms with E-state index in [1.165, 1.54) is 16.9 Å². The molecule has 0 N–H and O–H groups in total. The van der Waals surface area contributed by atoms with Crippen LogP contribution in [-0.4, -0.2) is 20.2 Å². The van der Waals surface area contributed by atoms with E-state index in [1.807, 2.05) is 0 Å². The quantitative estimate of drug-likeness (QED) is 0.808. The van der Waals surface area contributed by atoms with Crippen molar-refractivity contribution < 1.29 is 9.13 Å². The van der Waals surface area contributed by atoms with E-state index in [0.29, 0.717) is 16.9 Å². The Morgan fingerprint density at radius 1 is 1.41 bits per heavy atom. The zero-order valence-electron chi connectivity index (χ0n) is 9.10. The molecule has 0 bridgehead atoms. The normalized spacial score (nSPS) is 10.5. The number of halogens is 2. The van der Waals surface area contributed by atoms with E-state index in [1.54, 1.807) is 13.1 Å². The molecule has 0 radical (unpaired) electrons. The zero-order chi connectivity index (χ0) is 12.3. The van der Waals surface area contributed by atoms with Crippen molar-refractivity contribution in [3.8, 4) is 5.75 Å². The number of hydrogen-bond donors (Lipinski definition) is 0. The molecule has 7 heteroatoms. The first-order valence-electron chi connectivity index (χ1n) is 4.88. The number of benzene rings is 1. The van der Waals surface area contributed by atoms with Crippen LogP contribution >= 0.6 is 15.9 Å². The monoisotopic (exact) mass is 300 g/mol. The molecular weight excluding hydrogens is 291 g/mol. The first-order valence-corrected chi connectivity index (χ1v) is 6.00. The summed E-state index contributed by atoms with van der Waals surface area (Å²) in [6.07, 6.45) is 0. The number of alkyl halides is 1. The van der Waals surface area contributed by atoms with E-state index in [4.69, 9.17) is 4.74 Å². The lowest BCUT2D eigenvalue weighted by molar-refractivity contribution is 0.293. The van der Waals surface area contributed by atoms with Crippen molar-refractivity contribution >= 4 is 15.9 Å². The molecule has 0 spiro atoms. The van der Waals surface area contributed by atoms with Crippen LogP contribution in [-0.2, 0) is 19.0 Å². The Labute approximate surface area is 106 Å². The number of aryl methyl sites for hydroxylation is 1. The lowest BCUT2D eigenvalue weighted by Gasteiger charge is -2.05. The van der Waals surface area contributed by atoms with Crippen LogP contribution in [0.15, 0.2) is 18.2 Å². The van der Waals surface area contributed by atoms with Gasteiger partial charge in [-0.3, -0.25) is 0 Å². The van der Waals surface area contributed by atoms with Crippen LogP contribution in [0.4, 0.5) is 4.39 Å². The lowest BCUT2D eigenvalue weighted by Crippen LogP contribution is -2.00. The third-order valence-corrected chi connectivity index (χ3v) is 2.65. The standard InChI is InChI=1S/C10H10BrFN4O/c1-16-14-10(13-15-16)6-17-9-3-7(5-11)2-8(12)4-9/h2-4H,5-6H2,1H3. The maximum absolute atomic E-state index is 13.2. The molecule has 0 saturated carbocycles. The molecule has 1 aromatic carbocycles. The van der Waals surface area contributed by atoms with E-state index in [9.17, 15) is 4.39 Å². The SMILES string of the molecule is Cn1nnc(COc2cc(F)cc(CBr)c2)n1. The van der Waals surface area contributed by atoms with Crippen LogP contribution in [0.2, 0.25) is 0 Å². The summed E-state index contributed by atoms with van der Waals surface area (Å²) >= 11 is 3.26. The Morgan fingerprint density at radius 2 is 2.24 bits per heavy atom. The fourth-order valence-electron chi connectivity index (χ4n) is 1.31. The van der Waals surface area contributed by atoms with Crippen LogP contribution in [0.25, 0.3) is 0 Å². The molecule has 17 heavy (non-hydrogen) atoms. The van der Waals surface area contributed by atoms with Crippen molar-refractivity contribution in [3.63, 3.8) is 0 Å². The Hall–Kier alpha value is -1.50. The smallest absolute Gasteiger partial charge is 0.212 e.